The molecule has 1 saturated carbocycles. The number of rotatable bonds is 3. The molecule has 0 aliphatic heterocycles. The monoisotopic (exact) mass is 287 g/mol. The molecule has 0 radical (unpaired) electrons. The van der Waals surface area contributed by atoms with Gasteiger partial charge in [-0.05, 0) is 30.9 Å². The van der Waals surface area contributed by atoms with Crippen LogP contribution in [0.3, 0.4) is 0 Å². The van der Waals surface area contributed by atoms with Crippen molar-refractivity contribution in [2.75, 3.05) is 11.9 Å². The van der Waals surface area contributed by atoms with E-state index < -0.39 is 11.9 Å². The highest BCUT2D eigenvalue weighted by molar-refractivity contribution is 5.39. The average molecular weight is 287 g/mol. The minimum Gasteiger partial charge on any atom is -0.363 e. The van der Waals surface area contributed by atoms with Crippen LogP contribution in [0.15, 0.2) is 18.2 Å². The number of nitrogens with one attached hydrogen (secondary N) is 1. The van der Waals surface area contributed by atoms with E-state index in [2.05, 4.69) is 17.2 Å². The molecule has 6 heteroatoms. The fourth-order valence-corrected chi connectivity index (χ4v) is 2.94. The van der Waals surface area contributed by atoms with Gasteiger partial charge in [-0.15, -0.1) is 0 Å². The van der Waals surface area contributed by atoms with Crippen molar-refractivity contribution in [2.24, 2.45) is 11.7 Å². The van der Waals surface area contributed by atoms with Crippen LogP contribution in [-0.2, 0) is 6.18 Å². The van der Waals surface area contributed by atoms with Crippen molar-refractivity contribution < 1.29 is 13.2 Å². The third kappa shape index (κ3) is 3.42. The van der Waals surface area contributed by atoms with E-state index in [1.807, 2.05) is 0 Å². The van der Waals surface area contributed by atoms with Crippen molar-refractivity contribution >= 4 is 5.82 Å². The maximum Gasteiger partial charge on any atom is 0.433 e. The molecule has 0 saturated heterocycles. The Hall–Kier alpha value is -1.30. The third-order valence-electron chi connectivity index (χ3n) is 3.91. The Morgan fingerprint density at radius 1 is 1.45 bits per heavy atom. The van der Waals surface area contributed by atoms with Gasteiger partial charge in [0, 0.05) is 6.54 Å². The van der Waals surface area contributed by atoms with E-state index in [1.165, 1.54) is 6.07 Å². The lowest BCUT2D eigenvalue weighted by Gasteiger charge is -2.40. The molecule has 1 fully saturated rings. The van der Waals surface area contributed by atoms with E-state index in [0.717, 1.165) is 31.7 Å². The number of anilines is 1. The van der Waals surface area contributed by atoms with Crippen LogP contribution in [0, 0.1) is 5.92 Å². The van der Waals surface area contributed by atoms with Crippen LogP contribution in [0.5, 0.6) is 0 Å². The maximum absolute atomic E-state index is 12.7. The summed E-state index contributed by atoms with van der Waals surface area (Å²) < 4.78 is 38.0. The second-order valence-electron chi connectivity index (χ2n) is 5.72. The zero-order valence-corrected chi connectivity index (χ0v) is 11.5. The molecule has 0 spiro atoms. The van der Waals surface area contributed by atoms with Gasteiger partial charge in [0.15, 0.2) is 0 Å². The molecule has 2 atom stereocenters. The first-order valence-electron chi connectivity index (χ1n) is 6.87. The lowest BCUT2D eigenvalue weighted by molar-refractivity contribution is -0.141. The Kier molecular flexibility index (Phi) is 4.22. The minimum atomic E-state index is -4.42. The maximum atomic E-state index is 12.7. The molecular formula is C14H20F3N3. The minimum absolute atomic E-state index is 0.249. The first-order chi connectivity index (χ1) is 9.35. The summed E-state index contributed by atoms with van der Waals surface area (Å²) in [7, 11) is 0. The predicted molar refractivity (Wildman–Crippen MR) is 72.3 cm³/mol. The van der Waals surface area contributed by atoms with Gasteiger partial charge in [-0.3, -0.25) is 0 Å². The summed E-state index contributed by atoms with van der Waals surface area (Å²) in [6.07, 6.45) is -0.523. The van der Waals surface area contributed by atoms with E-state index in [1.54, 1.807) is 6.07 Å². The van der Waals surface area contributed by atoms with Gasteiger partial charge in [-0.25, -0.2) is 4.98 Å². The Morgan fingerprint density at radius 3 is 2.80 bits per heavy atom. The van der Waals surface area contributed by atoms with Gasteiger partial charge in [0.25, 0.3) is 0 Å². The second-order valence-corrected chi connectivity index (χ2v) is 5.72. The topological polar surface area (TPSA) is 50.9 Å². The molecule has 3 nitrogen and oxygen atoms in total. The van der Waals surface area contributed by atoms with Crippen LogP contribution in [0.2, 0.25) is 0 Å². The normalized spacial score (nSPS) is 27.4. The van der Waals surface area contributed by atoms with Crippen molar-refractivity contribution in [1.29, 1.82) is 0 Å². The van der Waals surface area contributed by atoms with Crippen molar-refractivity contribution in [1.82, 2.24) is 4.98 Å². The molecule has 1 heterocycles. The molecule has 0 aromatic carbocycles. The van der Waals surface area contributed by atoms with E-state index in [9.17, 15) is 13.2 Å². The Labute approximate surface area is 116 Å². The van der Waals surface area contributed by atoms with Gasteiger partial charge in [0.2, 0.25) is 0 Å². The van der Waals surface area contributed by atoms with E-state index in [0.29, 0.717) is 12.5 Å². The number of nitrogens with zero attached hydrogens (tertiary/aromatic N) is 1. The third-order valence-corrected chi connectivity index (χ3v) is 3.91. The second kappa shape index (κ2) is 5.60. The standard InChI is InChI=1S/C14H20F3N3/c1-10-4-3-7-13(8-10,9-18)20-12-6-2-5-11(19-12)14(15,16)17/h2,5-6,10H,3-4,7-9,18H2,1H3,(H,19,20). The number of halogens is 3. The van der Waals surface area contributed by atoms with Crippen molar-refractivity contribution in [2.45, 2.75) is 44.3 Å². The number of hydrogen-bond acceptors (Lipinski definition) is 3. The molecule has 0 amide bonds. The van der Waals surface area contributed by atoms with Crippen LogP contribution in [0.4, 0.5) is 19.0 Å². The van der Waals surface area contributed by atoms with Gasteiger partial charge < -0.3 is 11.1 Å². The van der Waals surface area contributed by atoms with Gasteiger partial charge in [-0.2, -0.15) is 13.2 Å². The van der Waals surface area contributed by atoms with Crippen LogP contribution < -0.4 is 11.1 Å². The van der Waals surface area contributed by atoms with Gasteiger partial charge in [0.1, 0.15) is 11.5 Å². The quantitative estimate of drug-likeness (QED) is 0.895. The lowest BCUT2D eigenvalue weighted by atomic mass is 9.76. The largest absolute Gasteiger partial charge is 0.433 e. The molecule has 20 heavy (non-hydrogen) atoms. The molecule has 1 aliphatic carbocycles. The first-order valence-corrected chi connectivity index (χ1v) is 6.87. The highest BCUT2D eigenvalue weighted by atomic mass is 19.4. The Balaban J connectivity index is 2.19. The number of hydrogen-bond donors (Lipinski definition) is 2. The summed E-state index contributed by atoms with van der Waals surface area (Å²) in [4.78, 5) is 3.66. The SMILES string of the molecule is CC1CCCC(CN)(Nc2cccc(C(F)(F)F)n2)C1. The summed E-state index contributed by atoms with van der Waals surface area (Å²) in [6.45, 7) is 2.54. The number of nitrogens with two attached hydrogens (primary N) is 1. The zero-order valence-electron chi connectivity index (χ0n) is 11.5. The molecule has 0 bridgehead atoms. The molecule has 2 unspecified atom stereocenters. The van der Waals surface area contributed by atoms with Crippen molar-refractivity contribution in [3.63, 3.8) is 0 Å². The summed E-state index contributed by atoms with van der Waals surface area (Å²) in [5.41, 5.74) is 4.64. The number of pyridine rings is 1. The smallest absolute Gasteiger partial charge is 0.363 e. The van der Waals surface area contributed by atoms with Crippen LogP contribution in [0.25, 0.3) is 0 Å². The Morgan fingerprint density at radius 2 is 2.20 bits per heavy atom. The molecule has 1 aromatic rings. The van der Waals surface area contributed by atoms with E-state index in [4.69, 9.17) is 5.73 Å². The summed E-state index contributed by atoms with van der Waals surface area (Å²) >= 11 is 0. The molecule has 2 rings (SSSR count). The predicted octanol–water partition coefficient (Wildman–Crippen LogP) is 3.42. The van der Waals surface area contributed by atoms with Crippen LogP contribution in [-0.4, -0.2) is 17.1 Å². The first kappa shape index (κ1) is 15.1. The fourth-order valence-electron chi connectivity index (χ4n) is 2.94. The lowest BCUT2D eigenvalue weighted by Crippen LogP contribution is -2.49. The van der Waals surface area contributed by atoms with Crippen LogP contribution in [0.1, 0.15) is 38.3 Å². The van der Waals surface area contributed by atoms with Gasteiger partial charge in [0.05, 0.1) is 5.54 Å². The molecule has 1 aromatic heterocycles. The molecule has 3 N–H and O–H groups in total. The molecule has 112 valence electrons. The van der Waals surface area contributed by atoms with Gasteiger partial charge in [-0.1, -0.05) is 25.8 Å². The fraction of sp³-hybridized carbons (Fsp3) is 0.643. The van der Waals surface area contributed by atoms with Crippen molar-refractivity contribution in [3.8, 4) is 0 Å². The summed E-state index contributed by atoms with van der Waals surface area (Å²) in [5, 5.41) is 3.15. The highest BCUT2D eigenvalue weighted by Gasteiger charge is 2.35. The highest BCUT2D eigenvalue weighted by Crippen LogP contribution is 2.35. The summed E-state index contributed by atoms with van der Waals surface area (Å²) in [5.74, 6) is 0.768. The Bertz CT molecular complexity index is 461. The zero-order chi connectivity index (χ0) is 14.8. The van der Waals surface area contributed by atoms with Gasteiger partial charge >= 0.3 is 6.18 Å². The van der Waals surface area contributed by atoms with E-state index >= 15 is 0 Å². The van der Waals surface area contributed by atoms with Crippen molar-refractivity contribution in [3.05, 3.63) is 23.9 Å². The molecule has 1 aliphatic rings. The van der Waals surface area contributed by atoms with Crippen LogP contribution >= 0.6 is 0 Å². The average Bonchev–Trinajstić information content (AvgIpc) is 2.38. The molecular weight excluding hydrogens is 267 g/mol. The number of alkyl halides is 3. The summed E-state index contributed by atoms with van der Waals surface area (Å²) in [6, 6.07) is 3.91. The number of aromatic nitrogens is 1. The van der Waals surface area contributed by atoms with E-state index in [-0.39, 0.29) is 11.4 Å².